The third kappa shape index (κ3) is 2.92. The molecule has 96 valence electrons. The summed E-state index contributed by atoms with van der Waals surface area (Å²) in [6.07, 6.45) is 13.6. The highest BCUT2D eigenvalue weighted by atomic mass is 14.7. The molecule has 1 nitrogen and oxygen atoms in total. The van der Waals surface area contributed by atoms with Gasteiger partial charge in [0.15, 0.2) is 0 Å². The average Bonchev–Trinajstić information content (AvgIpc) is 2.63. The van der Waals surface area contributed by atoms with Gasteiger partial charge in [-0.25, -0.2) is 0 Å². The van der Waals surface area contributed by atoms with Crippen molar-refractivity contribution in [3.8, 4) is 0 Å². The highest BCUT2D eigenvalue weighted by molar-refractivity contribution is 5.49. The van der Waals surface area contributed by atoms with E-state index >= 15 is 0 Å². The predicted molar refractivity (Wildman–Crippen MR) is 82.7 cm³/mol. The van der Waals surface area contributed by atoms with Crippen LogP contribution in [0.25, 0.3) is 24.3 Å². The van der Waals surface area contributed by atoms with Crippen LogP contribution in [0.1, 0.15) is 34.1 Å². The molecule has 0 saturated carbocycles. The third-order valence-electron chi connectivity index (χ3n) is 2.88. The molecule has 0 radical (unpaired) electrons. The Balaban J connectivity index is 0.000000771. The van der Waals surface area contributed by atoms with Crippen molar-refractivity contribution < 1.29 is 0 Å². The molecule has 0 unspecified atom stereocenters. The van der Waals surface area contributed by atoms with Crippen molar-refractivity contribution in [1.82, 2.24) is 4.98 Å². The van der Waals surface area contributed by atoms with Gasteiger partial charge in [0, 0.05) is 21.1 Å². The molecular weight excluding hydrogens is 218 g/mol. The summed E-state index contributed by atoms with van der Waals surface area (Å²) in [5.74, 6) is 0. The molecule has 0 atom stereocenters. The van der Waals surface area contributed by atoms with Gasteiger partial charge in [-0.2, -0.15) is 0 Å². The number of H-pyrrole nitrogens is 1. The first kappa shape index (κ1) is 14.3. The molecular formula is C17H23N. The lowest BCUT2D eigenvalue weighted by molar-refractivity contribution is 1.21. The number of hydrogen-bond donors (Lipinski definition) is 1. The molecule has 1 aliphatic rings. The maximum absolute atomic E-state index is 3.78. The molecule has 1 heteroatoms. The number of rotatable bonds is 1. The SMILES string of the molecule is C=C/C=c1/c2c([nH]/c1=C/C)=CCC(C)=CC=2.CC. The maximum atomic E-state index is 3.78. The van der Waals surface area contributed by atoms with Crippen molar-refractivity contribution in [3.05, 3.63) is 45.4 Å². The van der Waals surface area contributed by atoms with Crippen LogP contribution >= 0.6 is 0 Å². The Morgan fingerprint density at radius 1 is 1.28 bits per heavy atom. The van der Waals surface area contributed by atoms with Gasteiger partial charge in [0.2, 0.25) is 0 Å². The first-order valence-corrected chi connectivity index (χ1v) is 6.61. The summed E-state index contributed by atoms with van der Waals surface area (Å²) >= 11 is 0. The highest BCUT2D eigenvalue weighted by Crippen LogP contribution is 2.00. The van der Waals surface area contributed by atoms with Crippen molar-refractivity contribution in [3.63, 3.8) is 0 Å². The molecule has 1 N–H and O–H groups in total. The van der Waals surface area contributed by atoms with Gasteiger partial charge in [-0.3, -0.25) is 0 Å². The number of allylic oxidation sites excluding steroid dienone is 3. The predicted octanol–water partition coefficient (Wildman–Crippen LogP) is 1.72. The minimum Gasteiger partial charge on any atom is -0.355 e. The first-order valence-electron chi connectivity index (χ1n) is 6.61. The van der Waals surface area contributed by atoms with Crippen LogP contribution in [-0.4, -0.2) is 4.98 Å². The van der Waals surface area contributed by atoms with Crippen molar-refractivity contribution in [2.75, 3.05) is 0 Å². The lowest BCUT2D eigenvalue weighted by Gasteiger charge is -1.88. The maximum Gasteiger partial charge on any atom is 0.0427 e. The Labute approximate surface area is 109 Å². The molecule has 1 aromatic rings. The first-order chi connectivity index (χ1) is 8.76. The quantitative estimate of drug-likeness (QED) is 0.770. The molecule has 1 aromatic heterocycles. The van der Waals surface area contributed by atoms with E-state index in [1.54, 1.807) is 0 Å². The number of fused-ring (bicyclic) bond motifs is 1. The fourth-order valence-corrected chi connectivity index (χ4v) is 1.99. The summed E-state index contributed by atoms with van der Waals surface area (Å²) in [5, 5.41) is 4.89. The van der Waals surface area contributed by atoms with E-state index in [4.69, 9.17) is 0 Å². The van der Waals surface area contributed by atoms with Crippen molar-refractivity contribution in [2.45, 2.75) is 34.1 Å². The summed E-state index contributed by atoms with van der Waals surface area (Å²) in [7, 11) is 0. The summed E-state index contributed by atoms with van der Waals surface area (Å²) < 4.78 is 0. The van der Waals surface area contributed by atoms with Crippen LogP contribution in [0.2, 0.25) is 0 Å². The topological polar surface area (TPSA) is 15.8 Å². The van der Waals surface area contributed by atoms with E-state index in [9.17, 15) is 0 Å². The van der Waals surface area contributed by atoms with Crippen LogP contribution in [-0.2, 0) is 0 Å². The Bertz CT molecular complexity index is 666. The van der Waals surface area contributed by atoms with Gasteiger partial charge in [-0.05, 0) is 20.3 Å². The average molecular weight is 241 g/mol. The van der Waals surface area contributed by atoms with Crippen LogP contribution in [0.4, 0.5) is 0 Å². The molecule has 0 bridgehead atoms. The van der Waals surface area contributed by atoms with E-state index in [1.165, 1.54) is 26.7 Å². The summed E-state index contributed by atoms with van der Waals surface area (Å²) in [6.45, 7) is 12.0. The number of hydrogen-bond acceptors (Lipinski definition) is 0. The lowest BCUT2D eigenvalue weighted by atomic mass is 10.2. The van der Waals surface area contributed by atoms with E-state index < -0.39 is 0 Å². The second kappa shape index (κ2) is 6.85. The zero-order chi connectivity index (χ0) is 13.5. The second-order valence-corrected chi connectivity index (χ2v) is 4.06. The Kier molecular flexibility index (Phi) is 5.44. The van der Waals surface area contributed by atoms with E-state index in [0.29, 0.717) is 0 Å². The summed E-state index contributed by atoms with van der Waals surface area (Å²) in [6, 6.07) is 0. The van der Waals surface area contributed by atoms with Gasteiger partial charge in [0.1, 0.15) is 0 Å². The van der Waals surface area contributed by atoms with Gasteiger partial charge in [-0.15, -0.1) is 0 Å². The zero-order valence-corrected chi connectivity index (χ0v) is 11.9. The largest absolute Gasteiger partial charge is 0.355 e. The van der Waals surface area contributed by atoms with E-state index in [0.717, 1.165) is 6.42 Å². The molecule has 0 amide bonds. The third-order valence-corrected chi connectivity index (χ3v) is 2.88. The second-order valence-electron chi connectivity index (χ2n) is 4.06. The number of nitrogens with one attached hydrogen (secondary N) is 1. The van der Waals surface area contributed by atoms with Crippen molar-refractivity contribution >= 4 is 24.3 Å². The Hall–Kier alpha value is -1.76. The molecule has 0 aliphatic heterocycles. The van der Waals surface area contributed by atoms with Gasteiger partial charge in [0.05, 0.1) is 0 Å². The van der Waals surface area contributed by atoms with Crippen LogP contribution < -0.4 is 21.1 Å². The fraction of sp³-hybridized carbons (Fsp3) is 0.294. The number of aromatic nitrogens is 1. The molecule has 0 saturated heterocycles. The molecule has 1 heterocycles. The molecule has 1 aliphatic carbocycles. The van der Waals surface area contributed by atoms with Gasteiger partial charge in [-0.1, -0.05) is 62.5 Å². The molecule has 2 rings (SSSR count). The van der Waals surface area contributed by atoms with Gasteiger partial charge in [0.25, 0.3) is 0 Å². The Morgan fingerprint density at radius 3 is 2.61 bits per heavy atom. The minimum atomic E-state index is 1.01. The molecule has 0 spiro atoms. The van der Waals surface area contributed by atoms with Gasteiger partial charge >= 0.3 is 0 Å². The standard InChI is InChI=1S/C15H17N.C2H6/c1-4-6-12-13-9-7-11(3)8-10-15(13)16-14(12)5-2;1-2/h4-7,9-10,16H,1,8H2,2-3H3;1-2H3/b12-6-,14-5+;. The van der Waals surface area contributed by atoms with Crippen LogP contribution in [0.3, 0.4) is 0 Å². The Morgan fingerprint density at radius 2 is 2.00 bits per heavy atom. The highest BCUT2D eigenvalue weighted by Gasteiger charge is 1.97. The molecule has 18 heavy (non-hydrogen) atoms. The van der Waals surface area contributed by atoms with Crippen LogP contribution in [0.15, 0.2) is 24.3 Å². The summed E-state index contributed by atoms with van der Waals surface area (Å²) in [5.41, 5.74) is 1.39. The van der Waals surface area contributed by atoms with Crippen molar-refractivity contribution in [2.24, 2.45) is 0 Å². The number of aromatic amines is 1. The van der Waals surface area contributed by atoms with Crippen molar-refractivity contribution in [1.29, 1.82) is 0 Å². The normalized spacial score (nSPS) is 15.4. The zero-order valence-electron chi connectivity index (χ0n) is 11.9. The smallest absolute Gasteiger partial charge is 0.0427 e. The minimum absolute atomic E-state index is 1.01. The molecule has 0 fully saturated rings. The van der Waals surface area contributed by atoms with Gasteiger partial charge < -0.3 is 4.98 Å². The van der Waals surface area contributed by atoms with E-state index in [-0.39, 0.29) is 0 Å². The van der Waals surface area contributed by atoms with E-state index in [1.807, 2.05) is 26.8 Å². The summed E-state index contributed by atoms with van der Waals surface area (Å²) in [4.78, 5) is 3.44. The fourth-order valence-electron chi connectivity index (χ4n) is 1.99. The van der Waals surface area contributed by atoms with Crippen LogP contribution in [0, 0.1) is 0 Å². The lowest BCUT2D eigenvalue weighted by Crippen LogP contribution is -2.36. The molecule has 0 aromatic carbocycles. The van der Waals surface area contributed by atoms with E-state index in [2.05, 4.69) is 48.9 Å². The van der Waals surface area contributed by atoms with Crippen LogP contribution in [0.5, 0.6) is 0 Å². The monoisotopic (exact) mass is 241 g/mol.